The molecule has 1 aromatic heterocycles. The van der Waals surface area contributed by atoms with Crippen molar-refractivity contribution >= 4 is 5.91 Å². The van der Waals surface area contributed by atoms with Crippen LogP contribution in [0.1, 0.15) is 35.8 Å². The van der Waals surface area contributed by atoms with Gasteiger partial charge in [-0.1, -0.05) is 0 Å². The third-order valence-electron chi connectivity index (χ3n) is 3.24. The highest BCUT2D eigenvalue weighted by Gasteiger charge is 2.22. The van der Waals surface area contributed by atoms with Crippen LogP contribution in [0, 0.1) is 11.3 Å². The molecule has 2 rings (SSSR count). The van der Waals surface area contributed by atoms with Crippen LogP contribution >= 0.6 is 0 Å². The summed E-state index contributed by atoms with van der Waals surface area (Å²) in [6.45, 7) is 3.99. The summed E-state index contributed by atoms with van der Waals surface area (Å²) in [5.41, 5.74) is 0.831. The number of nitriles is 1. The van der Waals surface area contributed by atoms with E-state index in [9.17, 15) is 4.79 Å². The molecular weight excluding hydrogens is 242 g/mol. The van der Waals surface area contributed by atoms with E-state index < -0.39 is 0 Å². The van der Waals surface area contributed by atoms with Gasteiger partial charge in [-0.2, -0.15) is 5.26 Å². The van der Waals surface area contributed by atoms with Gasteiger partial charge in [0.2, 0.25) is 0 Å². The summed E-state index contributed by atoms with van der Waals surface area (Å²) < 4.78 is 5.56. The third-order valence-corrected chi connectivity index (χ3v) is 3.24. The highest BCUT2D eigenvalue weighted by molar-refractivity contribution is 5.94. The number of likely N-dealkylation sites (N-methyl/N-ethyl adjacent to an activating group) is 1. The van der Waals surface area contributed by atoms with Crippen LogP contribution in [0.5, 0.6) is 0 Å². The van der Waals surface area contributed by atoms with Gasteiger partial charge in [0.05, 0.1) is 11.7 Å². The summed E-state index contributed by atoms with van der Waals surface area (Å²) in [5, 5.41) is 8.69. The topological polar surface area (TPSA) is 66.2 Å². The SMILES string of the molecule is CCN(CC1CCCO1)C(=O)c1ccc(C#N)nc1. The molecule has 1 unspecified atom stereocenters. The fraction of sp³-hybridized carbons (Fsp3) is 0.500. The molecule has 1 fully saturated rings. The van der Waals surface area contributed by atoms with Crippen LogP contribution in [0.15, 0.2) is 18.3 Å². The van der Waals surface area contributed by atoms with E-state index in [4.69, 9.17) is 10.00 Å². The zero-order valence-electron chi connectivity index (χ0n) is 11.0. The van der Waals surface area contributed by atoms with Crippen molar-refractivity contribution < 1.29 is 9.53 Å². The Hall–Kier alpha value is -1.93. The number of aromatic nitrogens is 1. The Morgan fingerprint density at radius 2 is 2.47 bits per heavy atom. The van der Waals surface area contributed by atoms with E-state index in [1.54, 1.807) is 17.0 Å². The number of carbonyl (C=O) groups excluding carboxylic acids is 1. The smallest absolute Gasteiger partial charge is 0.255 e. The summed E-state index contributed by atoms with van der Waals surface area (Å²) in [5.74, 6) is -0.0602. The molecule has 0 bridgehead atoms. The molecule has 2 heterocycles. The molecule has 1 aromatic rings. The van der Waals surface area contributed by atoms with E-state index in [0.717, 1.165) is 19.4 Å². The van der Waals surface area contributed by atoms with Crippen LogP contribution in [0.2, 0.25) is 0 Å². The van der Waals surface area contributed by atoms with Gasteiger partial charge in [-0.3, -0.25) is 4.79 Å². The zero-order chi connectivity index (χ0) is 13.7. The standard InChI is InChI=1S/C14H17N3O2/c1-2-17(10-13-4-3-7-19-13)14(18)11-5-6-12(8-15)16-9-11/h5-6,9,13H,2-4,7,10H2,1H3. The number of hydrogen-bond donors (Lipinski definition) is 0. The van der Waals surface area contributed by atoms with Crippen molar-refractivity contribution in [3.05, 3.63) is 29.6 Å². The fourth-order valence-corrected chi connectivity index (χ4v) is 2.16. The van der Waals surface area contributed by atoms with Crippen molar-refractivity contribution in [2.75, 3.05) is 19.7 Å². The minimum absolute atomic E-state index is 0.0602. The predicted molar refractivity (Wildman–Crippen MR) is 69.5 cm³/mol. The number of amides is 1. The molecular formula is C14H17N3O2. The summed E-state index contributed by atoms with van der Waals surface area (Å²) in [6, 6.07) is 5.15. The van der Waals surface area contributed by atoms with Gasteiger partial charge >= 0.3 is 0 Å². The van der Waals surface area contributed by atoms with Crippen LogP contribution in [0.3, 0.4) is 0 Å². The van der Waals surface area contributed by atoms with Crippen molar-refractivity contribution in [3.63, 3.8) is 0 Å². The van der Waals surface area contributed by atoms with E-state index in [0.29, 0.717) is 24.3 Å². The Kier molecular flexibility index (Phi) is 4.48. The molecule has 0 aliphatic carbocycles. The van der Waals surface area contributed by atoms with Crippen LogP contribution in [0.25, 0.3) is 0 Å². The van der Waals surface area contributed by atoms with Crippen molar-refractivity contribution in [3.8, 4) is 6.07 Å². The van der Waals surface area contributed by atoms with Crippen LogP contribution in [0.4, 0.5) is 0 Å². The monoisotopic (exact) mass is 259 g/mol. The van der Waals surface area contributed by atoms with Crippen LogP contribution in [-0.4, -0.2) is 41.6 Å². The second-order valence-electron chi connectivity index (χ2n) is 4.52. The molecule has 100 valence electrons. The molecule has 0 N–H and O–H groups in total. The first kappa shape index (κ1) is 13.5. The van der Waals surface area contributed by atoms with Gasteiger partial charge in [-0.25, -0.2) is 4.98 Å². The Morgan fingerprint density at radius 1 is 1.63 bits per heavy atom. The van der Waals surface area contributed by atoms with Gasteiger partial charge in [0, 0.05) is 25.9 Å². The van der Waals surface area contributed by atoms with Crippen molar-refractivity contribution in [1.29, 1.82) is 5.26 Å². The second kappa shape index (κ2) is 6.30. The highest BCUT2D eigenvalue weighted by atomic mass is 16.5. The van der Waals surface area contributed by atoms with E-state index >= 15 is 0 Å². The summed E-state index contributed by atoms with van der Waals surface area (Å²) in [7, 11) is 0. The Balaban J connectivity index is 2.04. The van der Waals surface area contributed by atoms with Crippen LogP contribution in [-0.2, 0) is 4.74 Å². The molecule has 0 spiro atoms. The quantitative estimate of drug-likeness (QED) is 0.823. The number of nitrogens with zero attached hydrogens (tertiary/aromatic N) is 3. The van der Waals surface area contributed by atoms with Crippen molar-refractivity contribution in [1.82, 2.24) is 9.88 Å². The minimum atomic E-state index is -0.0602. The van der Waals surface area contributed by atoms with E-state index in [2.05, 4.69) is 4.98 Å². The lowest BCUT2D eigenvalue weighted by atomic mass is 10.2. The molecule has 1 aliphatic rings. The van der Waals surface area contributed by atoms with E-state index in [1.165, 1.54) is 6.20 Å². The first-order valence-electron chi connectivity index (χ1n) is 6.51. The molecule has 1 amide bonds. The van der Waals surface area contributed by atoms with Crippen LogP contribution < -0.4 is 0 Å². The molecule has 0 radical (unpaired) electrons. The summed E-state index contributed by atoms with van der Waals surface area (Å²) in [4.78, 5) is 18.0. The summed E-state index contributed by atoms with van der Waals surface area (Å²) >= 11 is 0. The average Bonchev–Trinajstić information content (AvgIpc) is 2.97. The first-order chi connectivity index (χ1) is 9.24. The molecule has 1 saturated heterocycles. The van der Waals surface area contributed by atoms with Gasteiger partial charge < -0.3 is 9.64 Å². The maximum atomic E-state index is 12.3. The van der Waals surface area contributed by atoms with Gasteiger partial charge in [0.15, 0.2) is 0 Å². The fourth-order valence-electron chi connectivity index (χ4n) is 2.16. The number of hydrogen-bond acceptors (Lipinski definition) is 4. The predicted octanol–water partition coefficient (Wildman–Crippen LogP) is 1.59. The molecule has 5 heteroatoms. The largest absolute Gasteiger partial charge is 0.376 e. The maximum absolute atomic E-state index is 12.3. The first-order valence-corrected chi connectivity index (χ1v) is 6.51. The zero-order valence-corrected chi connectivity index (χ0v) is 11.0. The molecule has 5 nitrogen and oxygen atoms in total. The lowest BCUT2D eigenvalue weighted by Crippen LogP contribution is -2.37. The van der Waals surface area contributed by atoms with E-state index in [1.807, 2.05) is 13.0 Å². The maximum Gasteiger partial charge on any atom is 0.255 e. The lowest BCUT2D eigenvalue weighted by molar-refractivity contribution is 0.0539. The van der Waals surface area contributed by atoms with Gasteiger partial charge in [-0.15, -0.1) is 0 Å². The molecule has 0 saturated carbocycles. The molecule has 19 heavy (non-hydrogen) atoms. The highest BCUT2D eigenvalue weighted by Crippen LogP contribution is 2.14. The molecule has 1 aliphatic heterocycles. The third kappa shape index (κ3) is 3.30. The lowest BCUT2D eigenvalue weighted by Gasteiger charge is -2.23. The van der Waals surface area contributed by atoms with E-state index in [-0.39, 0.29) is 12.0 Å². The van der Waals surface area contributed by atoms with Gasteiger partial charge in [0.25, 0.3) is 5.91 Å². The van der Waals surface area contributed by atoms with Gasteiger partial charge in [0.1, 0.15) is 11.8 Å². The Morgan fingerprint density at radius 3 is 3.00 bits per heavy atom. The molecule has 0 aromatic carbocycles. The Bertz CT molecular complexity index is 472. The second-order valence-corrected chi connectivity index (χ2v) is 4.52. The van der Waals surface area contributed by atoms with Gasteiger partial charge in [-0.05, 0) is 31.9 Å². The number of pyridine rings is 1. The normalized spacial score (nSPS) is 18.0. The van der Waals surface area contributed by atoms with Crippen molar-refractivity contribution in [2.45, 2.75) is 25.9 Å². The number of carbonyl (C=O) groups is 1. The average molecular weight is 259 g/mol. The minimum Gasteiger partial charge on any atom is -0.376 e. The van der Waals surface area contributed by atoms with Crippen molar-refractivity contribution in [2.24, 2.45) is 0 Å². The molecule has 1 atom stereocenters. The number of rotatable bonds is 4. The summed E-state index contributed by atoms with van der Waals surface area (Å²) in [6.07, 6.45) is 3.68. The number of ether oxygens (including phenoxy) is 1. The Labute approximate surface area is 112 Å².